The summed E-state index contributed by atoms with van der Waals surface area (Å²) >= 11 is 2.12. The molecule has 2 aromatic carbocycles. The standard InChI is InChI=1S/C16H13IN2O4/c1-23-14-8-12(6-7-13(14)17)15(20)19-18-9-10-2-4-11(5-3-10)16(21)22/h2-9H,1H3,(H,19,20)(H,21,22)/b18-9-. The van der Waals surface area contributed by atoms with E-state index in [1.54, 1.807) is 30.3 Å². The molecule has 0 aromatic heterocycles. The Hall–Kier alpha value is -2.42. The molecule has 0 bridgehead atoms. The van der Waals surface area contributed by atoms with Gasteiger partial charge in [-0.2, -0.15) is 5.10 Å². The number of carboxylic acids is 1. The number of hydrogen-bond acceptors (Lipinski definition) is 4. The van der Waals surface area contributed by atoms with Crippen molar-refractivity contribution in [1.29, 1.82) is 0 Å². The summed E-state index contributed by atoms with van der Waals surface area (Å²) in [5.41, 5.74) is 3.71. The number of nitrogens with zero attached hydrogens (tertiary/aromatic N) is 1. The van der Waals surface area contributed by atoms with E-state index in [4.69, 9.17) is 9.84 Å². The fourth-order valence-corrected chi connectivity index (χ4v) is 2.30. The highest BCUT2D eigenvalue weighted by Crippen LogP contribution is 2.21. The lowest BCUT2D eigenvalue weighted by Crippen LogP contribution is -2.17. The fourth-order valence-electron chi connectivity index (χ4n) is 1.74. The largest absolute Gasteiger partial charge is 0.496 e. The predicted octanol–water partition coefficient (Wildman–Crippen LogP) is 2.76. The number of ether oxygens (including phenoxy) is 1. The van der Waals surface area contributed by atoms with Crippen molar-refractivity contribution >= 4 is 40.7 Å². The van der Waals surface area contributed by atoms with Crippen molar-refractivity contribution in [3.8, 4) is 5.75 Å². The molecule has 1 amide bonds. The molecule has 0 atom stereocenters. The molecular weight excluding hydrogens is 411 g/mol. The Balaban J connectivity index is 2.02. The van der Waals surface area contributed by atoms with Crippen LogP contribution in [0.1, 0.15) is 26.3 Å². The monoisotopic (exact) mass is 424 g/mol. The number of carbonyl (C=O) groups excluding carboxylic acids is 1. The van der Waals surface area contributed by atoms with Crippen molar-refractivity contribution in [2.45, 2.75) is 0 Å². The van der Waals surface area contributed by atoms with Gasteiger partial charge in [0.15, 0.2) is 0 Å². The van der Waals surface area contributed by atoms with Crippen molar-refractivity contribution in [3.05, 3.63) is 62.7 Å². The summed E-state index contributed by atoms with van der Waals surface area (Å²) in [6.45, 7) is 0. The number of amides is 1. The molecule has 0 spiro atoms. The first-order valence-corrected chi connectivity index (χ1v) is 7.59. The molecule has 23 heavy (non-hydrogen) atoms. The lowest BCUT2D eigenvalue weighted by Gasteiger charge is -2.05. The summed E-state index contributed by atoms with van der Waals surface area (Å²) < 4.78 is 6.07. The first kappa shape index (κ1) is 16.9. The lowest BCUT2D eigenvalue weighted by molar-refractivity contribution is 0.0696. The van der Waals surface area contributed by atoms with E-state index in [9.17, 15) is 9.59 Å². The number of carbonyl (C=O) groups is 2. The summed E-state index contributed by atoms with van der Waals surface area (Å²) in [4.78, 5) is 22.7. The lowest BCUT2D eigenvalue weighted by atomic mass is 10.1. The Kier molecular flexibility index (Phi) is 5.69. The maximum Gasteiger partial charge on any atom is 0.335 e. The third-order valence-corrected chi connectivity index (χ3v) is 3.84. The number of benzene rings is 2. The molecule has 0 saturated heterocycles. The number of methoxy groups -OCH3 is 1. The van der Waals surface area contributed by atoms with Crippen molar-refractivity contribution < 1.29 is 19.4 Å². The van der Waals surface area contributed by atoms with E-state index in [-0.39, 0.29) is 11.5 Å². The summed E-state index contributed by atoms with van der Waals surface area (Å²) in [5, 5.41) is 12.7. The molecule has 0 fully saturated rings. The summed E-state index contributed by atoms with van der Waals surface area (Å²) in [7, 11) is 1.54. The van der Waals surface area contributed by atoms with E-state index >= 15 is 0 Å². The molecule has 7 heteroatoms. The van der Waals surface area contributed by atoms with Gasteiger partial charge in [0.1, 0.15) is 5.75 Å². The van der Waals surface area contributed by atoms with Crippen LogP contribution in [-0.4, -0.2) is 30.3 Å². The second-order valence-corrected chi connectivity index (χ2v) is 5.64. The number of nitrogens with one attached hydrogen (secondary N) is 1. The van der Waals surface area contributed by atoms with Crippen LogP contribution in [0.2, 0.25) is 0 Å². The minimum atomic E-state index is -0.991. The van der Waals surface area contributed by atoms with Crippen LogP contribution in [0.5, 0.6) is 5.75 Å². The number of rotatable bonds is 5. The van der Waals surface area contributed by atoms with Gasteiger partial charge in [-0.25, -0.2) is 10.2 Å². The second kappa shape index (κ2) is 7.73. The molecule has 118 valence electrons. The van der Waals surface area contributed by atoms with Crippen LogP contribution >= 0.6 is 22.6 Å². The van der Waals surface area contributed by atoms with Crippen LogP contribution in [-0.2, 0) is 0 Å². The topological polar surface area (TPSA) is 88.0 Å². The smallest absolute Gasteiger partial charge is 0.335 e. The van der Waals surface area contributed by atoms with E-state index in [0.717, 1.165) is 3.57 Å². The fraction of sp³-hybridized carbons (Fsp3) is 0.0625. The number of carboxylic acid groups (broad SMARTS) is 1. The molecule has 0 unspecified atom stereocenters. The summed E-state index contributed by atoms with van der Waals surface area (Å²) in [5.74, 6) is -0.737. The van der Waals surface area contributed by atoms with E-state index in [1.807, 2.05) is 0 Å². The summed E-state index contributed by atoms with van der Waals surface area (Å²) in [6, 6.07) is 11.2. The van der Waals surface area contributed by atoms with Crippen molar-refractivity contribution in [2.24, 2.45) is 5.10 Å². The zero-order valence-electron chi connectivity index (χ0n) is 12.1. The Labute approximate surface area is 146 Å². The third kappa shape index (κ3) is 4.52. The average Bonchev–Trinajstić information content (AvgIpc) is 2.55. The van der Waals surface area contributed by atoms with E-state index in [1.165, 1.54) is 25.5 Å². The Morgan fingerprint density at radius 2 is 1.83 bits per heavy atom. The minimum absolute atomic E-state index is 0.192. The van der Waals surface area contributed by atoms with Crippen molar-refractivity contribution in [2.75, 3.05) is 7.11 Å². The first-order valence-electron chi connectivity index (χ1n) is 6.51. The van der Waals surface area contributed by atoms with Gasteiger partial charge in [-0.05, 0) is 58.5 Å². The van der Waals surface area contributed by atoms with Crippen LogP contribution in [0.15, 0.2) is 47.6 Å². The predicted molar refractivity (Wildman–Crippen MR) is 94.2 cm³/mol. The first-order chi connectivity index (χ1) is 11.0. The molecule has 2 N–H and O–H groups in total. The molecule has 2 rings (SSSR count). The minimum Gasteiger partial charge on any atom is -0.496 e. The number of halogens is 1. The number of hydrazone groups is 1. The highest BCUT2D eigenvalue weighted by molar-refractivity contribution is 14.1. The molecule has 0 aliphatic rings. The zero-order chi connectivity index (χ0) is 16.8. The number of hydrogen-bond donors (Lipinski definition) is 2. The molecular formula is C16H13IN2O4. The van der Waals surface area contributed by atoms with Gasteiger partial charge in [0.25, 0.3) is 5.91 Å². The van der Waals surface area contributed by atoms with Crippen LogP contribution in [0, 0.1) is 3.57 Å². The van der Waals surface area contributed by atoms with E-state index < -0.39 is 5.97 Å². The van der Waals surface area contributed by atoms with Gasteiger partial charge in [0, 0.05) is 5.56 Å². The SMILES string of the molecule is COc1cc(C(=O)N/N=C\c2ccc(C(=O)O)cc2)ccc1I. The summed E-state index contributed by atoms with van der Waals surface area (Å²) in [6.07, 6.45) is 1.44. The van der Waals surface area contributed by atoms with Gasteiger partial charge in [-0.3, -0.25) is 4.79 Å². The molecule has 2 aromatic rings. The molecule has 0 aliphatic heterocycles. The van der Waals surface area contributed by atoms with Gasteiger partial charge in [0.05, 0.1) is 22.5 Å². The molecule has 0 radical (unpaired) electrons. The van der Waals surface area contributed by atoms with E-state index in [2.05, 4.69) is 33.1 Å². The van der Waals surface area contributed by atoms with Gasteiger partial charge >= 0.3 is 5.97 Å². The maximum atomic E-state index is 12.0. The van der Waals surface area contributed by atoms with Gasteiger partial charge in [0.2, 0.25) is 0 Å². The van der Waals surface area contributed by atoms with Crippen LogP contribution < -0.4 is 10.2 Å². The number of aromatic carboxylic acids is 1. The highest BCUT2D eigenvalue weighted by atomic mass is 127. The third-order valence-electron chi connectivity index (χ3n) is 2.95. The van der Waals surface area contributed by atoms with Crippen LogP contribution in [0.25, 0.3) is 0 Å². The Morgan fingerprint density at radius 3 is 2.43 bits per heavy atom. The normalized spacial score (nSPS) is 10.5. The average molecular weight is 424 g/mol. The highest BCUT2D eigenvalue weighted by Gasteiger charge is 2.08. The molecule has 0 saturated carbocycles. The van der Waals surface area contributed by atoms with Gasteiger partial charge in [-0.1, -0.05) is 12.1 Å². The quantitative estimate of drug-likeness (QED) is 0.439. The second-order valence-electron chi connectivity index (χ2n) is 4.48. The Bertz CT molecular complexity index is 757. The maximum absolute atomic E-state index is 12.0. The van der Waals surface area contributed by atoms with E-state index in [0.29, 0.717) is 16.9 Å². The van der Waals surface area contributed by atoms with Gasteiger partial charge in [-0.15, -0.1) is 0 Å². The molecule has 0 heterocycles. The Morgan fingerprint density at radius 1 is 1.17 bits per heavy atom. The van der Waals surface area contributed by atoms with Crippen LogP contribution in [0.4, 0.5) is 0 Å². The molecule has 0 aliphatic carbocycles. The van der Waals surface area contributed by atoms with Crippen LogP contribution in [0.3, 0.4) is 0 Å². The molecule has 6 nitrogen and oxygen atoms in total. The zero-order valence-corrected chi connectivity index (χ0v) is 14.3. The van der Waals surface area contributed by atoms with Gasteiger partial charge < -0.3 is 9.84 Å². The van der Waals surface area contributed by atoms with Crippen molar-refractivity contribution in [3.63, 3.8) is 0 Å². The van der Waals surface area contributed by atoms with Crippen molar-refractivity contribution in [1.82, 2.24) is 5.43 Å².